The lowest BCUT2D eigenvalue weighted by Gasteiger charge is -2.31. The smallest absolute Gasteiger partial charge is 0.293 e. The molecule has 2 aromatic rings. The van der Waals surface area contributed by atoms with Crippen molar-refractivity contribution >= 4 is 21.4 Å². The van der Waals surface area contributed by atoms with Crippen molar-refractivity contribution in [2.45, 2.75) is 30.7 Å². The van der Waals surface area contributed by atoms with Gasteiger partial charge in [0, 0.05) is 44.7 Å². The Labute approximate surface area is 170 Å². The Morgan fingerprint density at radius 2 is 1.97 bits per heavy atom. The van der Waals surface area contributed by atoms with Crippen molar-refractivity contribution in [3.05, 3.63) is 52.5 Å². The highest BCUT2D eigenvalue weighted by Gasteiger charge is 2.29. The highest BCUT2D eigenvalue weighted by molar-refractivity contribution is 7.89. The van der Waals surface area contributed by atoms with Crippen molar-refractivity contribution in [2.24, 2.45) is 0 Å². The minimum Gasteiger partial charge on any atom is -0.469 e. The van der Waals surface area contributed by atoms with Gasteiger partial charge in [0.15, 0.2) is 0 Å². The van der Waals surface area contributed by atoms with Crippen molar-refractivity contribution in [3.63, 3.8) is 0 Å². The third-order valence-corrected chi connectivity index (χ3v) is 6.97. The first kappa shape index (κ1) is 21.3. The summed E-state index contributed by atoms with van der Waals surface area (Å²) in [5.41, 5.74) is 0.0596. The number of hydrogen-bond donors (Lipinski definition) is 1. The molecule has 0 unspecified atom stereocenters. The first-order valence-electron chi connectivity index (χ1n) is 9.53. The summed E-state index contributed by atoms with van der Waals surface area (Å²) >= 11 is 0. The molecule has 0 bridgehead atoms. The van der Waals surface area contributed by atoms with Crippen LogP contribution in [0, 0.1) is 10.1 Å². The van der Waals surface area contributed by atoms with Gasteiger partial charge in [-0.25, -0.2) is 8.42 Å². The third-order valence-electron chi connectivity index (χ3n) is 5.07. The van der Waals surface area contributed by atoms with Gasteiger partial charge in [0.05, 0.1) is 16.1 Å². The normalized spacial score (nSPS) is 17.2. The van der Waals surface area contributed by atoms with Crippen LogP contribution in [-0.4, -0.2) is 61.8 Å². The van der Waals surface area contributed by atoms with E-state index in [1.807, 2.05) is 31.0 Å². The Balaban J connectivity index is 1.75. The van der Waals surface area contributed by atoms with Crippen molar-refractivity contribution in [1.29, 1.82) is 0 Å². The summed E-state index contributed by atoms with van der Waals surface area (Å²) in [6, 6.07) is 7.70. The first-order valence-corrected chi connectivity index (χ1v) is 11.0. The van der Waals surface area contributed by atoms with Gasteiger partial charge in [-0.15, -0.1) is 0 Å². The number of aryl methyl sites for hydroxylation is 1. The summed E-state index contributed by atoms with van der Waals surface area (Å²) in [7, 11) is -1.83. The molecule has 158 valence electrons. The molecule has 1 aromatic heterocycles. The van der Waals surface area contributed by atoms with Crippen LogP contribution in [0.25, 0.3) is 0 Å². The number of nitro benzene ring substituents is 1. The van der Waals surface area contributed by atoms with E-state index in [9.17, 15) is 18.5 Å². The maximum absolute atomic E-state index is 12.9. The molecule has 2 heterocycles. The molecule has 1 saturated heterocycles. The topological polar surface area (TPSA) is 109 Å². The van der Waals surface area contributed by atoms with Crippen LogP contribution in [0.3, 0.4) is 0 Å². The van der Waals surface area contributed by atoms with Crippen LogP contribution in [0.15, 0.2) is 45.9 Å². The van der Waals surface area contributed by atoms with Gasteiger partial charge in [-0.3, -0.25) is 10.1 Å². The quantitative estimate of drug-likeness (QED) is 0.514. The summed E-state index contributed by atoms with van der Waals surface area (Å²) in [4.78, 5) is 13.0. The van der Waals surface area contributed by atoms with E-state index in [-0.39, 0.29) is 16.6 Å². The second-order valence-electron chi connectivity index (χ2n) is 7.31. The van der Waals surface area contributed by atoms with E-state index in [0.29, 0.717) is 44.7 Å². The zero-order valence-electron chi connectivity index (χ0n) is 16.6. The monoisotopic (exact) mass is 422 g/mol. The van der Waals surface area contributed by atoms with Crippen molar-refractivity contribution in [2.75, 3.05) is 38.5 Å². The zero-order chi connectivity index (χ0) is 21.0. The molecule has 9 nitrogen and oxygen atoms in total. The van der Waals surface area contributed by atoms with Crippen molar-refractivity contribution in [3.8, 4) is 0 Å². The van der Waals surface area contributed by atoms with E-state index in [2.05, 4.69) is 5.32 Å². The molecule has 10 heteroatoms. The Morgan fingerprint density at radius 1 is 1.24 bits per heavy atom. The lowest BCUT2D eigenvalue weighted by Crippen LogP contribution is -2.47. The minimum atomic E-state index is -3.76. The van der Waals surface area contributed by atoms with Gasteiger partial charge in [0.1, 0.15) is 11.4 Å². The minimum absolute atomic E-state index is 0.0532. The third kappa shape index (κ3) is 5.14. The maximum Gasteiger partial charge on any atom is 0.293 e. The number of furan rings is 1. The van der Waals surface area contributed by atoms with Crippen LogP contribution < -0.4 is 5.32 Å². The maximum atomic E-state index is 12.9. The summed E-state index contributed by atoms with van der Waals surface area (Å²) < 4.78 is 32.5. The zero-order valence-corrected chi connectivity index (χ0v) is 17.4. The Morgan fingerprint density at radius 3 is 2.59 bits per heavy atom. The number of nitro groups is 1. The predicted molar refractivity (Wildman–Crippen MR) is 109 cm³/mol. The van der Waals surface area contributed by atoms with Crippen molar-refractivity contribution < 1.29 is 17.8 Å². The molecule has 1 aliphatic rings. The van der Waals surface area contributed by atoms with Crippen LogP contribution in [0.1, 0.15) is 19.1 Å². The van der Waals surface area contributed by atoms with Gasteiger partial charge < -0.3 is 14.6 Å². The second-order valence-corrected chi connectivity index (χ2v) is 9.24. The number of rotatable bonds is 8. The summed E-state index contributed by atoms with van der Waals surface area (Å²) in [5.74, 6) is 0.849. The average molecular weight is 423 g/mol. The van der Waals surface area contributed by atoms with Gasteiger partial charge in [0.25, 0.3) is 5.69 Å². The van der Waals surface area contributed by atoms with Gasteiger partial charge in [-0.2, -0.15) is 4.31 Å². The van der Waals surface area contributed by atoms with Gasteiger partial charge in [0.2, 0.25) is 10.0 Å². The number of sulfonamides is 1. The Hall–Kier alpha value is -2.43. The number of piperazine rings is 1. The lowest BCUT2D eigenvalue weighted by molar-refractivity contribution is -0.384. The molecule has 29 heavy (non-hydrogen) atoms. The number of anilines is 1. The molecule has 0 spiro atoms. The Kier molecular flexibility index (Phi) is 6.56. The van der Waals surface area contributed by atoms with Crippen LogP contribution >= 0.6 is 0 Å². The molecule has 1 aliphatic heterocycles. The van der Waals surface area contributed by atoms with Gasteiger partial charge in [-0.1, -0.05) is 0 Å². The molecule has 0 amide bonds. The lowest BCUT2D eigenvalue weighted by atomic mass is 10.1. The molecule has 3 rings (SSSR count). The largest absolute Gasteiger partial charge is 0.469 e. The highest BCUT2D eigenvalue weighted by Crippen LogP contribution is 2.30. The van der Waals surface area contributed by atoms with Gasteiger partial charge in [-0.05, 0) is 44.7 Å². The van der Waals surface area contributed by atoms with E-state index in [0.717, 1.165) is 11.8 Å². The summed E-state index contributed by atoms with van der Waals surface area (Å²) in [6.45, 7) is 3.93. The predicted octanol–water partition coefficient (Wildman–Crippen LogP) is 2.56. The standard InChI is InChI=1S/C19H26N4O5S/c1-15(5-6-16-4-3-13-28-16)20-18-8-7-17(14-19(18)23(24)25)29(26,27)22-11-9-21(2)10-12-22/h3-4,7-8,13-15,20H,5-6,9-12H2,1-2H3/t15-/m0/s1. The molecular weight excluding hydrogens is 396 g/mol. The number of hydrogen-bond acceptors (Lipinski definition) is 7. The second kappa shape index (κ2) is 8.93. The number of nitrogens with zero attached hydrogens (tertiary/aromatic N) is 3. The molecular formula is C19H26N4O5S. The van der Waals surface area contributed by atoms with Gasteiger partial charge >= 0.3 is 0 Å². The molecule has 0 aliphatic carbocycles. The summed E-state index contributed by atoms with van der Waals surface area (Å²) in [5, 5.41) is 14.7. The van der Waals surface area contributed by atoms with E-state index in [1.54, 1.807) is 6.26 Å². The number of benzene rings is 1. The summed E-state index contributed by atoms with van der Waals surface area (Å²) in [6.07, 6.45) is 3.02. The fourth-order valence-electron chi connectivity index (χ4n) is 3.27. The molecule has 0 radical (unpaired) electrons. The molecule has 0 saturated carbocycles. The fraction of sp³-hybridized carbons (Fsp3) is 0.474. The van der Waals surface area contributed by atoms with E-state index in [1.165, 1.54) is 16.4 Å². The highest BCUT2D eigenvalue weighted by atomic mass is 32.2. The average Bonchev–Trinajstić information content (AvgIpc) is 3.20. The van der Waals surface area contributed by atoms with E-state index < -0.39 is 14.9 Å². The van der Waals surface area contributed by atoms with Crippen LogP contribution in [0.2, 0.25) is 0 Å². The van der Waals surface area contributed by atoms with Crippen LogP contribution in [-0.2, 0) is 16.4 Å². The molecule has 1 N–H and O–H groups in total. The van der Waals surface area contributed by atoms with E-state index >= 15 is 0 Å². The Bertz CT molecular complexity index is 938. The number of nitrogens with one attached hydrogen (secondary N) is 1. The number of likely N-dealkylation sites (N-methyl/N-ethyl adjacent to an activating group) is 1. The molecule has 1 atom stereocenters. The fourth-order valence-corrected chi connectivity index (χ4v) is 4.72. The molecule has 1 aromatic carbocycles. The molecule has 1 fully saturated rings. The first-order chi connectivity index (χ1) is 13.8. The van der Waals surface area contributed by atoms with Crippen molar-refractivity contribution in [1.82, 2.24) is 9.21 Å². The van der Waals surface area contributed by atoms with Crippen LogP contribution in [0.5, 0.6) is 0 Å². The van der Waals surface area contributed by atoms with E-state index in [4.69, 9.17) is 4.42 Å². The SMILES string of the molecule is C[C@@H](CCc1ccco1)Nc1ccc(S(=O)(=O)N2CCN(C)CC2)cc1[N+](=O)[O-]. The van der Waals surface area contributed by atoms with Crippen LogP contribution in [0.4, 0.5) is 11.4 Å².